The zero-order chi connectivity index (χ0) is 46.8. The predicted octanol–water partition coefficient (Wildman–Crippen LogP) is 5.31. The summed E-state index contributed by atoms with van der Waals surface area (Å²) in [6, 6.07) is 0. The second-order valence-electron chi connectivity index (χ2n) is 19.4. The molecule has 366 valence electrons. The van der Waals surface area contributed by atoms with E-state index >= 15 is 0 Å². The van der Waals surface area contributed by atoms with E-state index in [0.717, 1.165) is 12.0 Å². The maximum absolute atomic E-state index is 14.4. The SMILES string of the molecule is CC[C@H](C)C1O[C@]2(C=C[C@@H]1C)C[C@@H]1C[C@@H](C/C=C(\C)[C@@H](O[C@H]3C[C@H](OC)[C@@H](OC[C@@H]4OC[C@@H](OC)[C@@H](OC)[C@@H]4OC)[C@H](C)O3)[C@@H](C)/C=C/C=C3\CO[C@@H]4[C@H](O)[C@@H](C)C=C(C(=O)O1)[C@]34O)O2. The first-order chi connectivity index (χ1) is 31.1. The summed E-state index contributed by atoms with van der Waals surface area (Å²) in [5.74, 6) is -1.98. The van der Waals surface area contributed by atoms with Crippen LogP contribution in [0.3, 0.4) is 0 Å². The molecule has 0 aromatic heterocycles. The van der Waals surface area contributed by atoms with Crippen LogP contribution < -0.4 is 0 Å². The first kappa shape index (κ1) is 50.5. The van der Waals surface area contributed by atoms with Gasteiger partial charge in [0.15, 0.2) is 12.1 Å². The Kier molecular flexibility index (Phi) is 16.7. The summed E-state index contributed by atoms with van der Waals surface area (Å²) < 4.78 is 75.6. The van der Waals surface area contributed by atoms with Crippen LogP contribution in [-0.4, -0.2) is 161 Å². The number of aliphatic hydroxyl groups excluding tert-OH is 1. The molecular formula is C50H76O15. The van der Waals surface area contributed by atoms with Crippen molar-refractivity contribution in [1.29, 1.82) is 0 Å². The second-order valence-corrected chi connectivity index (χ2v) is 19.4. The Hall–Kier alpha value is -2.35. The highest BCUT2D eigenvalue weighted by molar-refractivity contribution is 5.93. The van der Waals surface area contributed by atoms with E-state index < -0.39 is 78.4 Å². The molecule has 4 saturated heterocycles. The molecule has 7 rings (SSSR count). The van der Waals surface area contributed by atoms with Gasteiger partial charge in [0.05, 0.1) is 62.0 Å². The molecule has 0 aromatic rings. The molecule has 4 fully saturated rings. The van der Waals surface area contributed by atoms with Crippen LogP contribution in [0.15, 0.2) is 59.3 Å². The first-order valence-electron chi connectivity index (χ1n) is 23.8. The molecule has 15 nitrogen and oxygen atoms in total. The molecule has 6 aliphatic heterocycles. The van der Waals surface area contributed by atoms with Crippen molar-refractivity contribution in [2.45, 2.75) is 178 Å². The Morgan fingerprint density at radius 3 is 2.35 bits per heavy atom. The van der Waals surface area contributed by atoms with Crippen LogP contribution in [0.5, 0.6) is 0 Å². The Bertz CT molecular complexity index is 1780. The molecule has 0 amide bonds. The number of fused-ring (bicyclic) bond motifs is 2. The maximum atomic E-state index is 14.4. The van der Waals surface area contributed by atoms with E-state index in [-0.39, 0.29) is 73.5 Å². The number of ether oxygens (including phenoxy) is 12. The van der Waals surface area contributed by atoms with E-state index in [1.54, 1.807) is 47.5 Å². The van der Waals surface area contributed by atoms with E-state index in [4.69, 9.17) is 56.8 Å². The minimum atomic E-state index is -1.90. The smallest absolute Gasteiger partial charge is 0.337 e. The van der Waals surface area contributed by atoms with Crippen LogP contribution in [0.2, 0.25) is 0 Å². The van der Waals surface area contributed by atoms with Crippen LogP contribution in [0, 0.1) is 23.7 Å². The molecule has 0 aromatic carbocycles. The molecule has 6 heterocycles. The van der Waals surface area contributed by atoms with Crippen LogP contribution in [0.1, 0.15) is 80.6 Å². The number of esters is 1. The first-order valence-corrected chi connectivity index (χ1v) is 23.8. The number of hydrogen-bond donors (Lipinski definition) is 2. The number of hydrogen-bond acceptors (Lipinski definition) is 15. The summed E-state index contributed by atoms with van der Waals surface area (Å²) in [5.41, 5.74) is -0.411. The van der Waals surface area contributed by atoms with Crippen molar-refractivity contribution < 1.29 is 71.8 Å². The molecule has 0 radical (unpaired) electrons. The largest absolute Gasteiger partial charge is 0.459 e. The van der Waals surface area contributed by atoms with Crippen molar-refractivity contribution in [3.05, 3.63) is 59.3 Å². The summed E-state index contributed by atoms with van der Waals surface area (Å²) in [7, 11) is 6.57. The van der Waals surface area contributed by atoms with E-state index in [9.17, 15) is 15.0 Å². The standard InChI is InChI=1S/C50H76O15/c1-12-27(2)43-30(5)18-19-49(65-43)23-35-21-34(64-49)17-16-29(4)42(28(3)14-13-15-33-24-60-47-41(51)31(6)20-36(48(52)62-35)50(33,47)53)63-40-22-37(54-8)44(32(7)61-40)59-26-39-46(57-11)45(56-10)38(55-9)25-58-39/h13-16,18-20,27-28,30-32,34-35,37-47,51,53H,12,17,21-26H2,1-11H3/b14-13+,29-16+,33-15+/t27-,28-,30-,31-,32-,34+,35-,37-,38+,39-,40-,41+,42-,43?,44-,45+,46+,47+,49+,50+/m0/s1. The number of carbonyl (C=O) groups excluding carboxylic acids is 1. The highest BCUT2D eigenvalue weighted by Gasteiger charge is 2.58. The molecule has 0 saturated carbocycles. The monoisotopic (exact) mass is 917 g/mol. The van der Waals surface area contributed by atoms with Crippen molar-refractivity contribution in [2.75, 3.05) is 48.3 Å². The van der Waals surface area contributed by atoms with Gasteiger partial charge in [-0.15, -0.1) is 0 Å². The Labute approximate surface area is 385 Å². The summed E-state index contributed by atoms with van der Waals surface area (Å²) >= 11 is 0. The molecule has 1 spiro atoms. The average molecular weight is 917 g/mol. The number of carbonyl (C=O) groups is 1. The molecule has 2 N–H and O–H groups in total. The molecule has 1 unspecified atom stereocenters. The summed E-state index contributed by atoms with van der Waals surface area (Å²) in [4.78, 5) is 14.4. The van der Waals surface area contributed by atoms with Gasteiger partial charge in [0.2, 0.25) is 0 Å². The summed E-state index contributed by atoms with van der Waals surface area (Å²) in [6.45, 7) is 15.0. The fourth-order valence-electron chi connectivity index (χ4n) is 11.0. The van der Waals surface area contributed by atoms with Gasteiger partial charge < -0.3 is 67.1 Å². The lowest BCUT2D eigenvalue weighted by molar-refractivity contribution is -0.299. The minimum absolute atomic E-state index is 0.0263. The third-order valence-corrected chi connectivity index (χ3v) is 15.0. The van der Waals surface area contributed by atoms with E-state index in [0.29, 0.717) is 31.4 Å². The number of aliphatic hydroxyl groups is 2. The number of allylic oxidation sites excluding steroid dienone is 2. The highest BCUT2D eigenvalue weighted by atomic mass is 16.7. The van der Waals surface area contributed by atoms with E-state index in [1.807, 2.05) is 32.1 Å². The van der Waals surface area contributed by atoms with Gasteiger partial charge in [-0.25, -0.2) is 4.79 Å². The topological polar surface area (TPSA) is 168 Å². The maximum Gasteiger partial charge on any atom is 0.337 e. The molecule has 15 heteroatoms. The second kappa shape index (κ2) is 21.5. The van der Waals surface area contributed by atoms with Crippen molar-refractivity contribution in [2.24, 2.45) is 23.7 Å². The van der Waals surface area contributed by atoms with Crippen molar-refractivity contribution in [3.63, 3.8) is 0 Å². The fourth-order valence-corrected chi connectivity index (χ4v) is 11.0. The molecule has 7 aliphatic rings. The Balaban J connectivity index is 1.16. The Morgan fingerprint density at radius 2 is 1.65 bits per heavy atom. The molecule has 2 bridgehead atoms. The quantitative estimate of drug-likeness (QED) is 0.202. The summed E-state index contributed by atoms with van der Waals surface area (Å²) in [5, 5.41) is 23.8. The lowest BCUT2D eigenvalue weighted by Gasteiger charge is -2.48. The van der Waals surface area contributed by atoms with Crippen molar-refractivity contribution in [3.8, 4) is 0 Å². The van der Waals surface area contributed by atoms with Crippen molar-refractivity contribution in [1.82, 2.24) is 0 Å². The summed E-state index contributed by atoms with van der Waals surface area (Å²) in [6.07, 6.45) is 9.28. The van der Waals surface area contributed by atoms with Crippen LogP contribution in [0.4, 0.5) is 0 Å². The van der Waals surface area contributed by atoms with Gasteiger partial charge in [-0.3, -0.25) is 0 Å². The van der Waals surface area contributed by atoms with Crippen molar-refractivity contribution >= 4 is 5.97 Å². The Morgan fingerprint density at radius 1 is 0.892 bits per heavy atom. The van der Waals surface area contributed by atoms with Gasteiger partial charge in [-0.05, 0) is 43.4 Å². The predicted molar refractivity (Wildman–Crippen MR) is 239 cm³/mol. The number of rotatable bonds is 11. The lowest BCUT2D eigenvalue weighted by Crippen LogP contribution is -2.58. The van der Waals surface area contributed by atoms with Gasteiger partial charge in [0, 0.05) is 65.5 Å². The average Bonchev–Trinajstić information content (AvgIpc) is 3.63. The van der Waals surface area contributed by atoms with Crippen LogP contribution >= 0.6 is 0 Å². The highest BCUT2D eigenvalue weighted by Crippen LogP contribution is 2.47. The van der Waals surface area contributed by atoms with Gasteiger partial charge in [-0.2, -0.15) is 0 Å². The lowest BCUT2D eigenvalue weighted by atomic mass is 9.72. The van der Waals surface area contributed by atoms with Gasteiger partial charge in [0.25, 0.3) is 0 Å². The third kappa shape index (κ3) is 10.5. The normalized spacial score (nSPS) is 47.4. The van der Waals surface area contributed by atoms with Gasteiger partial charge >= 0.3 is 5.97 Å². The molecule has 65 heavy (non-hydrogen) atoms. The number of methoxy groups -OCH3 is 4. The third-order valence-electron chi connectivity index (χ3n) is 15.0. The van der Waals surface area contributed by atoms with Gasteiger partial charge in [0.1, 0.15) is 48.3 Å². The zero-order valence-corrected chi connectivity index (χ0v) is 40.3. The van der Waals surface area contributed by atoms with Crippen LogP contribution in [-0.2, 0) is 61.6 Å². The molecule has 1 aliphatic carbocycles. The molecule has 20 atom stereocenters. The van der Waals surface area contributed by atoms with Crippen LogP contribution in [0.25, 0.3) is 0 Å². The van der Waals surface area contributed by atoms with E-state index in [1.165, 1.54) is 0 Å². The minimum Gasteiger partial charge on any atom is -0.459 e. The zero-order valence-electron chi connectivity index (χ0n) is 40.3. The van der Waals surface area contributed by atoms with Gasteiger partial charge in [-0.1, -0.05) is 77.5 Å². The fraction of sp³-hybridized carbons (Fsp3) is 0.780. The van der Waals surface area contributed by atoms with E-state index in [2.05, 4.69) is 39.8 Å². The molecular weight excluding hydrogens is 841 g/mol.